The first-order chi connectivity index (χ1) is 12.2. The molecule has 0 bridgehead atoms. The highest BCUT2D eigenvalue weighted by Gasteiger charge is 2.05. The normalized spacial score (nSPS) is 10.8. The first-order valence-electron chi connectivity index (χ1n) is 8.47. The first-order valence-corrected chi connectivity index (χ1v) is 8.47. The molecule has 0 spiro atoms. The molecule has 1 aromatic heterocycles. The van der Waals surface area contributed by atoms with Crippen molar-refractivity contribution >= 4 is 16.8 Å². The third-order valence-corrected chi connectivity index (χ3v) is 4.22. The highest BCUT2D eigenvalue weighted by molar-refractivity contribution is 5.79. The third kappa shape index (κ3) is 4.38. The van der Waals surface area contributed by atoms with Crippen LogP contribution in [0.3, 0.4) is 0 Å². The lowest BCUT2D eigenvalue weighted by Crippen LogP contribution is -2.22. The Hall–Kier alpha value is -2.82. The van der Waals surface area contributed by atoms with E-state index in [1.807, 2.05) is 35.1 Å². The molecule has 1 amide bonds. The summed E-state index contributed by atoms with van der Waals surface area (Å²) in [4.78, 5) is 12.0. The van der Waals surface area contributed by atoms with Crippen molar-refractivity contribution < 1.29 is 9.53 Å². The molecule has 0 saturated heterocycles. The molecular formula is C20H23N3O2. The van der Waals surface area contributed by atoms with Crippen molar-refractivity contribution in [3.63, 3.8) is 0 Å². The van der Waals surface area contributed by atoms with Crippen LogP contribution >= 0.6 is 0 Å². The molecule has 0 unspecified atom stereocenters. The molecule has 0 aliphatic heterocycles. The standard InChI is InChI=1S/C20H23N3O2/c1-15-5-8-17-14-22-23(19(17)12-15)11-3-4-20(24)21-13-16-6-9-18(25-2)10-7-16/h5-10,12,14H,3-4,11,13H2,1-2H3,(H,21,24). The van der Waals surface area contributed by atoms with Crippen molar-refractivity contribution in [2.24, 2.45) is 0 Å². The molecule has 3 rings (SSSR count). The van der Waals surface area contributed by atoms with Crippen LogP contribution in [0.2, 0.25) is 0 Å². The molecule has 3 aromatic rings. The molecule has 0 aliphatic rings. The number of rotatable bonds is 7. The fourth-order valence-corrected chi connectivity index (χ4v) is 2.78. The number of aromatic nitrogens is 2. The van der Waals surface area contributed by atoms with Crippen molar-refractivity contribution in [3.05, 3.63) is 59.8 Å². The van der Waals surface area contributed by atoms with Crippen molar-refractivity contribution in [1.82, 2.24) is 15.1 Å². The Morgan fingerprint density at radius 3 is 2.76 bits per heavy atom. The van der Waals surface area contributed by atoms with E-state index in [1.165, 1.54) is 5.56 Å². The zero-order valence-corrected chi connectivity index (χ0v) is 14.7. The van der Waals surface area contributed by atoms with Gasteiger partial charge in [-0.2, -0.15) is 5.10 Å². The summed E-state index contributed by atoms with van der Waals surface area (Å²) in [6.45, 7) is 3.35. The number of carbonyl (C=O) groups is 1. The fourth-order valence-electron chi connectivity index (χ4n) is 2.78. The van der Waals surface area contributed by atoms with Crippen LogP contribution < -0.4 is 10.1 Å². The van der Waals surface area contributed by atoms with Gasteiger partial charge >= 0.3 is 0 Å². The lowest BCUT2D eigenvalue weighted by Gasteiger charge is -2.07. The van der Waals surface area contributed by atoms with E-state index < -0.39 is 0 Å². The van der Waals surface area contributed by atoms with Gasteiger partial charge in [-0.15, -0.1) is 0 Å². The van der Waals surface area contributed by atoms with Gasteiger partial charge in [-0.3, -0.25) is 9.48 Å². The van der Waals surface area contributed by atoms with Crippen LogP contribution in [0.15, 0.2) is 48.7 Å². The maximum absolute atomic E-state index is 12.0. The lowest BCUT2D eigenvalue weighted by molar-refractivity contribution is -0.121. The Balaban J connectivity index is 1.46. The van der Waals surface area contributed by atoms with Gasteiger partial charge in [0.2, 0.25) is 5.91 Å². The van der Waals surface area contributed by atoms with E-state index in [-0.39, 0.29) is 5.91 Å². The van der Waals surface area contributed by atoms with Crippen molar-refractivity contribution in [2.75, 3.05) is 7.11 Å². The summed E-state index contributed by atoms with van der Waals surface area (Å²) in [6.07, 6.45) is 3.13. The second kappa shape index (κ2) is 7.83. The van der Waals surface area contributed by atoms with E-state index in [0.29, 0.717) is 13.0 Å². The van der Waals surface area contributed by atoms with Crippen LogP contribution in [0.1, 0.15) is 24.0 Å². The van der Waals surface area contributed by atoms with Crippen LogP contribution in [-0.2, 0) is 17.9 Å². The molecule has 1 N–H and O–H groups in total. The Morgan fingerprint density at radius 1 is 1.20 bits per heavy atom. The van der Waals surface area contributed by atoms with Crippen LogP contribution in [0, 0.1) is 6.92 Å². The maximum atomic E-state index is 12.0. The molecule has 130 valence electrons. The number of nitrogens with one attached hydrogen (secondary N) is 1. The molecule has 2 aromatic carbocycles. The number of methoxy groups -OCH3 is 1. The van der Waals surface area contributed by atoms with Gasteiger partial charge in [-0.25, -0.2) is 0 Å². The molecule has 1 heterocycles. The molecular weight excluding hydrogens is 314 g/mol. The van der Waals surface area contributed by atoms with Gasteiger partial charge in [0.15, 0.2) is 0 Å². The molecule has 0 atom stereocenters. The molecule has 0 radical (unpaired) electrons. The topological polar surface area (TPSA) is 56.1 Å². The zero-order chi connectivity index (χ0) is 17.6. The van der Waals surface area contributed by atoms with Crippen LogP contribution in [-0.4, -0.2) is 22.8 Å². The zero-order valence-electron chi connectivity index (χ0n) is 14.7. The van der Waals surface area contributed by atoms with Gasteiger partial charge in [0.05, 0.1) is 18.8 Å². The highest BCUT2D eigenvalue weighted by Crippen LogP contribution is 2.16. The largest absolute Gasteiger partial charge is 0.497 e. The van der Waals surface area contributed by atoms with Gasteiger partial charge in [-0.05, 0) is 42.7 Å². The predicted molar refractivity (Wildman–Crippen MR) is 98.5 cm³/mol. The van der Waals surface area contributed by atoms with Crippen LogP contribution in [0.4, 0.5) is 0 Å². The van der Waals surface area contributed by atoms with E-state index in [0.717, 1.165) is 35.2 Å². The summed E-state index contributed by atoms with van der Waals surface area (Å²) < 4.78 is 7.10. The number of amides is 1. The number of hydrogen-bond donors (Lipinski definition) is 1. The first kappa shape index (κ1) is 17.0. The summed E-state index contributed by atoms with van der Waals surface area (Å²) >= 11 is 0. The number of carbonyl (C=O) groups excluding carboxylic acids is 1. The second-order valence-electron chi connectivity index (χ2n) is 6.16. The fraction of sp³-hybridized carbons (Fsp3) is 0.300. The Labute approximate surface area is 147 Å². The molecule has 5 heteroatoms. The summed E-state index contributed by atoms with van der Waals surface area (Å²) in [5.74, 6) is 0.875. The summed E-state index contributed by atoms with van der Waals surface area (Å²) in [5.41, 5.74) is 3.40. The highest BCUT2D eigenvalue weighted by atomic mass is 16.5. The van der Waals surface area contributed by atoms with Gasteiger partial charge in [-0.1, -0.05) is 24.3 Å². The van der Waals surface area contributed by atoms with Crippen molar-refractivity contribution in [2.45, 2.75) is 32.9 Å². The minimum atomic E-state index is 0.0588. The lowest BCUT2D eigenvalue weighted by atomic mass is 10.2. The molecule has 0 saturated carbocycles. The SMILES string of the molecule is COc1ccc(CNC(=O)CCCn2ncc3ccc(C)cc32)cc1. The van der Waals surface area contributed by atoms with Gasteiger partial charge in [0.1, 0.15) is 5.75 Å². The summed E-state index contributed by atoms with van der Waals surface area (Å²) in [6, 6.07) is 14.0. The quantitative estimate of drug-likeness (QED) is 0.718. The molecule has 25 heavy (non-hydrogen) atoms. The monoisotopic (exact) mass is 337 g/mol. The average Bonchev–Trinajstić information content (AvgIpc) is 3.02. The summed E-state index contributed by atoms with van der Waals surface area (Å²) in [7, 11) is 1.64. The van der Waals surface area contributed by atoms with Crippen LogP contribution in [0.5, 0.6) is 5.75 Å². The number of benzene rings is 2. The van der Waals surface area contributed by atoms with Crippen molar-refractivity contribution in [1.29, 1.82) is 0 Å². The third-order valence-electron chi connectivity index (χ3n) is 4.22. The Bertz CT molecular complexity index is 853. The van der Waals surface area contributed by atoms with Gasteiger partial charge in [0.25, 0.3) is 0 Å². The van der Waals surface area contributed by atoms with E-state index in [1.54, 1.807) is 7.11 Å². The minimum Gasteiger partial charge on any atom is -0.497 e. The molecule has 0 aliphatic carbocycles. The number of hydrogen-bond acceptors (Lipinski definition) is 3. The van der Waals surface area contributed by atoms with Gasteiger partial charge in [0, 0.05) is 24.9 Å². The Morgan fingerprint density at radius 2 is 2.00 bits per heavy atom. The number of fused-ring (bicyclic) bond motifs is 1. The van der Waals surface area contributed by atoms with Crippen LogP contribution in [0.25, 0.3) is 10.9 Å². The van der Waals surface area contributed by atoms with Gasteiger partial charge < -0.3 is 10.1 Å². The van der Waals surface area contributed by atoms with E-state index >= 15 is 0 Å². The predicted octanol–water partition coefficient (Wildman–Crippen LogP) is 3.45. The van der Waals surface area contributed by atoms with E-state index in [4.69, 9.17) is 4.74 Å². The second-order valence-corrected chi connectivity index (χ2v) is 6.16. The van der Waals surface area contributed by atoms with E-state index in [9.17, 15) is 4.79 Å². The number of aryl methyl sites for hydroxylation is 2. The minimum absolute atomic E-state index is 0.0588. The average molecular weight is 337 g/mol. The Kier molecular flexibility index (Phi) is 5.33. The summed E-state index contributed by atoms with van der Waals surface area (Å²) in [5, 5.41) is 8.50. The smallest absolute Gasteiger partial charge is 0.220 e. The maximum Gasteiger partial charge on any atom is 0.220 e. The molecule has 5 nitrogen and oxygen atoms in total. The van der Waals surface area contributed by atoms with Crippen molar-refractivity contribution in [3.8, 4) is 5.75 Å². The number of nitrogens with zero attached hydrogens (tertiary/aromatic N) is 2. The molecule has 0 fully saturated rings. The number of ether oxygens (including phenoxy) is 1. The van der Waals surface area contributed by atoms with E-state index in [2.05, 4.69) is 35.5 Å².